The van der Waals surface area contributed by atoms with Crippen molar-refractivity contribution in [2.75, 3.05) is 0 Å². The van der Waals surface area contributed by atoms with Gasteiger partial charge in [-0.3, -0.25) is 0 Å². The lowest BCUT2D eigenvalue weighted by molar-refractivity contribution is 0.428. The summed E-state index contributed by atoms with van der Waals surface area (Å²) in [7, 11) is 0. The van der Waals surface area contributed by atoms with Gasteiger partial charge in [0.05, 0.1) is 0 Å². The monoisotopic (exact) mass is 202 g/mol. The van der Waals surface area contributed by atoms with Gasteiger partial charge in [-0.2, -0.15) is 11.8 Å². The van der Waals surface area contributed by atoms with E-state index < -0.39 is 0 Å². The summed E-state index contributed by atoms with van der Waals surface area (Å²) < 4.78 is 0.504. The molecule has 0 rings (SSSR count). The largest absolute Gasteiger partial charge is 0.153 e. The van der Waals surface area contributed by atoms with Crippen molar-refractivity contribution in [3.05, 3.63) is 0 Å². The molecular weight excluding hydrogens is 176 g/mol. The molecule has 0 nitrogen and oxygen atoms in total. The topological polar surface area (TPSA) is 0 Å². The number of thioether (sulfide) groups is 1. The third-order valence-electron chi connectivity index (χ3n) is 2.75. The predicted octanol–water partition coefficient (Wildman–Crippen LogP) is 4.73. The van der Waals surface area contributed by atoms with Crippen molar-refractivity contribution in [2.45, 2.75) is 70.8 Å². The first kappa shape index (κ1) is 13.4. The Labute approximate surface area is 88.9 Å². The lowest BCUT2D eigenvalue weighted by Gasteiger charge is -2.32. The fraction of sp³-hybridized carbons (Fsp3) is 1.00. The molecule has 13 heavy (non-hydrogen) atoms. The fourth-order valence-electron chi connectivity index (χ4n) is 1.73. The van der Waals surface area contributed by atoms with Crippen molar-refractivity contribution >= 4 is 11.8 Å². The van der Waals surface area contributed by atoms with Crippen molar-refractivity contribution < 1.29 is 0 Å². The Morgan fingerprint density at radius 3 is 2.00 bits per heavy atom. The van der Waals surface area contributed by atoms with Gasteiger partial charge >= 0.3 is 0 Å². The van der Waals surface area contributed by atoms with Crippen LogP contribution in [0.4, 0.5) is 0 Å². The number of hydrogen-bond donors (Lipinski definition) is 0. The maximum absolute atomic E-state index is 2.42. The Hall–Kier alpha value is 0.350. The Morgan fingerprint density at radius 1 is 1.15 bits per heavy atom. The smallest absolute Gasteiger partial charge is 0.0134 e. The van der Waals surface area contributed by atoms with Crippen LogP contribution in [0.25, 0.3) is 0 Å². The van der Waals surface area contributed by atoms with Crippen LogP contribution < -0.4 is 0 Å². The summed E-state index contributed by atoms with van der Waals surface area (Å²) in [6.07, 6.45) is 3.97. The van der Waals surface area contributed by atoms with Crippen LogP contribution in [0.1, 0.15) is 60.8 Å². The van der Waals surface area contributed by atoms with E-state index in [1.807, 2.05) is 0 Å². The van der Waals surface area contributed by atoms with E-state index in [0.717, 1.165) is 11.2 Å². The van der Waals surface area contributed by atoms with Gasteiger partial charge in [0.25, 0.3) is 0 Å². The highest BCUT2D eigenvalue weighted by molar-refractivity contribution is 8.01. The first-order valence-electron chi connectivity index (χ1n) is 5.61. The molecule has 0 aliphatic carbocycles. The second-order valence-electron chi connectivity index (χ2n) is 4.69. The Balaban J connectivity index is 4.10. The van der Waals surface area contributed by atoms with Gasteiger partial charge in [0, 0.05) is 4.75 Å². The number of hydrogen-bond acceptors (Lipinski definition) is 1. The quantitative estimate of drug-likeness (QED) is 0.600. The molecular formula is C12H26S. The maximum atomic E-state index is 2.42. The average Bonchev–Trinajstić information content (AvgIpc) is 2.02. The van der Waals surface area contributed by atoms with E-state index in [0.29, 0.717) is 4.75 Å². The maximum Gasteiger partial charge on any atom is 0.0134 e. The fourth-order valence-corrected chi connectivity index (χ4v) is 3.41. The molecule has 80 valence electrons. The zero-order valence-corrected chi connectivity index (χ0v) is 11.0. The molecule has 0 heterocycles. The lowest BCUT2D eigenvalue weighted by atomic mass is 9.93. The van der Waals surface area contributed by atoms with Crippen LogP contribution >= 0.6 is 11.8 Å². The zero-order chi connectivity index (χ0) is 10.5. The summed E-state index contributed by atoms with van der Waals surface area (Å²) in [6.45, 7) is 14.0. The van der Waals surface area contributed by atoms with Gasteiger partial charge in [-0.05, 0) is 24.0 Å². The van der Waals surface area contributed by atoms with E-state index in [2.05, 4.69) is 53.3 Å². The molecule has 0 aliphatic rings. The van der Waals surface area contributed by atoms with Crippen molar-refractivity contribution in [1.29, 1.82) is 0 Å². The predicted molar refractivity (Wildman–Crippen MR) is 65.5 cm³/mol. The molecule has 0 N–H and O–H groups in total. The molecule has 0 radical (unpaired) electrons. The SMILES string of the molecule is CCC(C)CC(C)(CC)SC(C)C. The van der Waals surface area contributed by atoms with Gasteiger partial charge in [-0.25, -0.2) is 0 Å². The second-order valence-corrected chi connectivity index (χ2v) is 6.85. The molecule has 0 spiro atoms. The van der Waals surface area contributed by atoms with E-state index in [1.165, 1.54) is 19.3 Å². The Morgan fingerprint density at radius 2 is 1.69 bits per heavy atom. The molecule has 0 aromatic rings. The first-order chi connectivity index (χ1) is 5.93. The van der Waals surface area contributed by atoms with Crippen LogP contribution in [0.2, 0.25) is 0 Å². The molecule has 2 unspecified atom stereocenters. The highest BCUT2D eigenvalue weighted by atomic mass is 32.2. The van der Waals surface area contributed by atoms with E-state index in [1.54, 1.807) is 0 Å². The molecule has 0 bridgehead atoms. The second kappa shape index (κ2) is 5.95. The summed E-state index contributed by atoms with van der Waals surface area (Å²) in [5, 5.41) is 0.758. The van der Waals surface area contributed by atoms with Crippen LogP contribution in [0.15, 0.2) is 0 Å². The minimum atomic E-state index is 0.504. The van der Waals surface area contributed by atoms with Crippen LogP contribution in [-0.4, -0.2) is 10.00 Å². The summed E-state index contributed by atoms with van der Waals surface area (Å²) in [6, 6.07) is 0. The highest BCUT2D eigenvalue weighted by Gasteiger charge is 2.25. The number of rotatable bonds is 6. The molecule has 0 fully saturated rings. The highest BCUT2D eigenvalue weighted by Crippen LogP contribution is 2.38. The van der Waals surface area contributed by atoms with Crippen molar-refractivity contribution in [2.24, 2.45) is 5.92 Å². The first-order valence-corrected chi connectivity index (χ1v) is 6.49. The lowest BCUT2D eigenvalue weighted by Crippen LogP contribution is -2.24. The third-order valence-corrected chi connectivity index (χ3v) is 4.24. The standard InChI is InChI=1S/C12H26S/c1-7-11(5)9-12(6,8-2)13-10(3)4/h10-11H,7-9H2,1-6H3. The van der Waals surface area contributed by atoms with Gasteiger partial charge < -0.3 is 0 Å². The molecule has 0 saturated carbocycles. The van der Waals surface area contributed by atoms with E-state index >= 15 is 0 Å². The Kier molecular flexibility index (Phi) is 6.11. The minimum absolute atomic E-state index is 0.504. The van der Waals surface area contributed by atoms with Gasteiger partial charge in [0.1, 0.15) is 0 Å². The van der Waals surface area contributed by atoms with Gasteiger partial charge in [0.15, 0.2) is 0 Å². The van der Waals surface area contributed by atoms with Gasteiger partial charge in [0.2, 0.25) is 0 Å². The van der Waals surface area contributed by atoms with Crippen LogP contribution in [-0.2, 0) is 0 Å². The zero-order valence-electron chi connectivity index (χ0n) is 10.2. The van der Waals surface area contributed by atoms with Crippen LogP contribution in [0.5, 0.6) is 0 Å². The van der Waals surface area contributed by atoms with E-state index in [9.17, 15) is 0 Å². The normalized spacial score (nSPS) is 18.7. The summed E-state index contributed by atoms with van der Waals surface area (Å²) in [5.41, 5.74) is 0. The summed E-state index contributed by atoms with van der Waals surface area (Å²) in [5.74, 6) is 0.871. The third kappa shape index (κ3) is 5.61. The molecule has 0 saturated heterocycles. The molecule has 0 aliphatic heterocycles. The molecule has 0 aromatic heterocycles. The van der Waals surface area contributed by atoms with E-state index in [4.69, 9.17) is 0 Å². The van der Waals surface area contributed by atoms with Gasteiger partial charge in [-0.15, -0.1) is 0 Å². The summed E-state index contributed by atoms with van der Waals surface area (Å²) in [4.78, 5) is 0. The Bertz CT molecular complexity index is 131. The average molecular weight is 202 g/mol. The molecule has 2 atom stereocenters. The molecule has 0 amide bonds. The van der Waals surface area contributed by atoms with Crippen LogP contribution in [0.3, 0.4) is 0 Å². The summed E-state index contributed by atoms with van der Waals surface area (Å²) >= 11 is 2.15. The minimum Gasteiger partial charge on any atom is -0.153 e. The van der Waals surface area contributed by atoms with Crippen LogP contribution in [0, 0.1) is 5.92 Å². The van der Waals surface area contributed by atoms with Gasteiger partial charge in [-0.1, -0.05) is 48.0 Å². The van der Waals surface area contributed by atoms with Crippen molar-refractivity contribution in [1.82, 2.24) is 0 Å². The molecule has 0 aromatic carbocycles. The van der Waals surface area contributed by atoms with Crippen molar-refractivity contribution in [3.8, 4) is 0 Å². The molecule has 1 heteroatoms. The van der Waals surface area contributed by atoms with Crippen molar-refractivity contribution in [3.63, 3.8) is 0 Å². The van der Waals surface area contributed by atoms with E-state index in [-0.39, 0.29) is 0 Å².